The Morgan fingerprint density at radius 3 is 2.60 bits per heavy atom. The van der Waals surface area contributed by atoms with Crippen LogP contribution in [0, 0.1) is 19.3 Å². The van der Waals surface area contributed by atoms with Gasteiger partial charge in [0.05, 0.1) is 6.04 Å². The first kappa shape index (κ1) is 13.7. The Hall–Kier alpha value is -1.32. The second-order valence-corrected chi connectivity index (χ2v) is 6.38. The predicted octanol–water partition coefficient (Wildman–Crippen LogP) is 3.47. The largest absolute Gasteiger partial charge is 0.459 e. The number of hydrogen-bond acceptors (Lipinski definition) is 3. The van der Waals surface area contributed by atoms with Gasteiger partial charge in [0.1, 0.15) is 11.3 Å². The zero-order valence-electron chi connectivity index (χ0n) is 12.5. The summed E-state index contributed by atoms with van der Waals surface area (Å²) in [6, 6.07) is 6.59. The van der Waals surface area contributed by atoms with Crippen molar-refractivity contribution in [3.8, 4) is 0 Å². The molecule has 2 aromatic rings. The van der Waals surface area contributed by atoms with Crippen LogP contribution in [-0.2, 0) is 0 Å². The van der Waals surface area contributed by atoms with Crippen molar-refractivity contribution in [2.24, 2.45) is 5.41 Å². The summed E-state index contributed by atoms with van der Waals surface area (Å²) in [4.78, 5) is 0. The van der Waals surface area contributed by atoms with Gasteiger partial charge in [-0.15, -0.1) is 0 Å². The number of aryl methyl sites for hydroxylation is 2. The van der Waals surface area contributed by atoms with Crippen LogP contribution < -0.4 is 5.32 Å². The van der Waals surface area contributed by atoms with E-state index in [1.54, 1.807) is 0 Å². The van der Waals surface area contributed by atoms with E-state index in [-0.39, 0.29) is 18.1 Å². The lowest BCUT2D eigenvalue weighted by molar-refractivity contribution is 0.203. The summed E-state index contributed by atoms with van der Waals surface area (Å²) in [5.41, 5.74) is 3.65. The fourth-order valence-corrected chi connectivity index (χ4v) is 2.57. The molecule has 3 heteroatoms. The molecule has 0 spiro atoms. The Labute approximate surface area is 120 Å². The molecule has 1 fully saturated rings. The molecule has 108 valence electrons. The quantitative estimate of drug-likeness (QED) is 0.876. The van der Waals surface area contributed by atoms with Gasteiger partial charge in [-0.25, -0.2) is 0 Å². The molecule has 1 heterocycles. The van der Waals surface area contributed by atoms with Gasteiger partial charge in [-0.1, -0.05) is 0 Å². The van der Waals surface area contributed by atoms with E-state index in [4.69, 9.17) is 4.42 Å². The minimum absolute atomic E-state index is 0.132. The van der Waals surface area contributed by atoms with Crippen LogP contribution in [0.1, 0.15) is 42.7 Å². The maximum absolute atomic E-state index is 9.35. The third kappa shape index (κ3) is 2.48. The smallest absolute Gasteiger partial charge is 0.134 e. The lowest BCUT2D eigenvalue weighted by atomic mass is 10.1. The van der Waals surface area contributed by atoms with Crippen LogP contribution in [-0.4, -0.2) is 18.3 Å². The molecule has 1 atom stereocenters. The molecule has 1 saturated carbocycles. The Morgan fingerprint density at radius 1 is 1.25 bits per heavy atom. The van der Waals surface area contributed by atoms with Gasteiger partial charge in [-0.2, -0.15) is 0 Å². The van der Waals surface area contributed by atoms with Crippen LogP contribution in [0.3, 0.4) is 0 Å². The highest BCUT2D eigenvalue weighted by atomic mass is 16.3. The molecule has 1 aliphatic rings. The highest BCUT2D eigenvalue weighted by Gasteiger charge is 2.41. The molecule has 1 aliphatic carbocycles. The van der Waals surface area contributed by atoms with Gasteiger partial charge in [-0.05, 0) is 62.9 Å². The number of furan rings is 1. The van der Waals surface area contributed by atoms with Crippen LogP contribution in [0.25, 0.3) is 11.0 Å². The van der Waals surface area contributed by atoms with Gasteiger partial charge < -0.3 is 14.8 Å². The molecule has 1 aromatic carbocycles. The number of rotatable bonds is 5. The maximum Gasteiger partial charge on any atom is 0.134 e. The topological polar surface area (TPSA) is 45.4 Å². The number of benzene rings is 1. The van der Waals surface area contributed by atoms with E-state index >= 15 is 0 Å². The SMILES string of the molecule is Cc1cc2cc(C(C)NCC3(CO)CC3)oc2cc1C. The zero-order chi connectivity index (χ0) is 14.3. The number of aliphatic hydroxyl groups is 1. The van der Waals surface area contributed by atoms with Crippen LogP contribution in [0.2, 0.25) is 0 Å². The Kier molecular flexibility index (Phi) is 3.35. The highest BCUT2D eigenvalue weighted by Crippen LogP contribution is 2.44. The van der Waals surface area contributed by atoms with Crippen molar-refractivity contribution in [1.29, 1.82) is 0 Å². The second kappa shape index (κ2) is 4.90. The minimum Gasteiger partial charge on any atom is -0.459 e. The van der Waals surface area contributed by atoms with Crippen LogP contribution >= 0.6 is 0 Å². The lowest BCUT2D eigenvalue weighted by Crippen LogP contribution is -2.28. The molecular weight excluding hydrogens is 250 g/mol. The standard InChI is InChI=1S/C17H23NO2/c1-11-6-14-8-15(20-16(14)7-12(11)2)13(3)18-9-17(10-19)4-5-17/h6-8,13,18-19H,4-5,9-10H2,1-3H3. The molecule has 0 bridgehead atoms. The van der Waals surface area contributed by atoms with E-state index < -0.39 is 0 Å². The highest BCUT2D eigenvalue weighted by molar-refractivity contribution is 5.79. The third-order valence-electron chi connectivity index (χ3n) is 4.65. The van der Waals surface area contributed by atoms with E-state index in [1.165, 1.54) is 16.5 Å². The summed E-state index contributed by atoms with van der Waals surface area (Å²) in [6.45, 7) is 7.49. The van der Waals surface area contributed by atoms with Crippen molar-refractivity contribution < 1.29 is 9.52 Å². The van der Waals surface area contributed by atoms with Crippen LogP contribution in [0.5, 0.6) is 0 Å². The summed E-state index contributed by atoms with van der Waals surface area (Å²) in [7, 11) is 0. The molecular formula is C17H23NO2. The van der Waals surface area contributed by atoms with E-state index in [9.17, 15) is 5.11 Å². The van der Waals surface area contributed by atoms with Gasteiger partial charge in [0, 0.05) is 24.0 Å². The van der Waals surface area contributed by atoms with Gasteiger partial charge in [-0.3, -0.25) is 0 Å². The Morgan fingerprint density at radius 2 is 1.95 bits per heavy atom. The summed E-state index contributed by atoms with van der Waals surface area (Å²) in [5.74, 6) is 0.971. The Bertz CT molecular complexity index is 586. The van der Waals surface area contributed by atoms with Crippen molar-refractivity contribution in [2.75, 3.05) is 13.2 Å². The first-order valence-electron chi connectivity index (χ1n) is 7.38. The molecule has 2 N–H and O–H groups in total. The third-order valence-corrected chi connectivity index (χ3v) is 4.65. The van der Waals surface area contributed by atoms with Gasteiger partial charge in [0.25, 0.3) is 0 Å². The van der Waals surface area contributed by atoms with Crippen molar-refractivity contribution >= 4 is 11.0 Å². The Balaban J connectivity index is 1.76. The van der Waals surface area contributed by atoms with E-state index in [0.717, 1.165) is 30.7 Å². The molecule has 3 rings (SSSR count). The first-order chi connectivity index (χ1) is 9.53. The van der Waals surface area contributed by atoms with E-state index in [1.807, 2.05) is 0 Å². The molecule has 1 aromatic heterocycles. The van der Waals surface area contributed by atoms with E-state index in [2.05, 4.69) is 44.3 Å². The van der Waals surface area contributed by atoms with Crippen LogP contribution in [0.4, 0.5) is 0 Å². The second-order valence-electron chi connectivity index (χ2n) is 6.38. The van der Waals surface area contributed by atoms with E-state index in [0.29, 0.717) is 0 Å². The zero-order valence-corrected chi connectivity index (χ0v) is 12.5. The van der Waals surface area contributed by atoms with Crippen molar-refractivity contribution in [3.05, 3.63) is 35.1 Å². The summed E-state index contributed by atoms with van der Waals surface area (Å²) in [6.07, 6.45) is 2.25. The fourth-order valence-electron chi connectivity index (χ4n) is 2.57. The number of hydrogen-bond donors (Lipinski definition) is 2. The number of nitrogens with one attached hydrogen (secondary N) is 1. The van der Waals surface area contributed by atoms with Gasteiger partial charge in [0.2, 0.25) is 0 Å². The molecule has 0 amide bonds. The van der Waals surface area contributed by atoms with Crippen molar-refractivity contribution in [3.63, 3.8) is 0 Å². The first-order valence-corrected chi connectivity index (χ1v) is 7.38. The molecule has 20 heavy (non-hydrogen) atoms. The average Bonchev–Trinajstić information content (AvgIpc) is 3.11. The normalized spacial score (nSPS) is 18.4. The fraction of sp³-hybridized carbons (Fsp3) is 0.529. The summed E-state index contributed by atoms with van der Waals surface area (Å²) in [5, 5.41) is 14.0. The molecule has 1 unspecified atom stereocenters. The minimum atomic E-state index is 0.132. The average molecular weight is 273 g/mol. The predicted molar refractivity (Wildman–Crippen MR) is 80.9 cm³/mol. The van der Waals surface area contributed by atoms with Crippen molar-refractivity contribution in [2.45, 2.75) is 39.7 Å². The number of aliphatic hydroxyl groups excluding tert-OH is 1. The van der Waals surface area contributed by atoms with Gasteiger partial charge >= 0.3 is 0 Å². The molecule has 0 aliphatic heterocycles. The molecule has 3 nitrogen and oxygen atoms in total. The molecule has 0 saturated heterocycles. The molecule has 0 radical (unpaired) electrons. The number of fused-ring (bicyclic) bond motifs is 1. The monoisotopic (exact) mass is 273 g/mol. The van der Waals surface area contributed by atoms with Crippen LogP contribution in [0.15, 0.2) is 22.6 Å². The van der Waals surface area contributed by atoms with Crippen molar-refractivity contribution in [1.82, 2.24) is 5.32 Å². The maximum atomic E-state index is 9.35. The summed E-state index contributed by atoms with van der Waals surface area (Å²) < 4.78 is 5.96. The lowest BCUT2D eigenvalue weighted by Gasteiger charge is -2.16. The van der Waals surface area contributed by atoms with Gasteiger partial charge in [0.15, 0.2) is 0 Å². The summed E-state index contributed by atoms with van der Waals surface area (Å²) >= 11 is 0.